The van der Waals surface area contributed by atoms with Gasteiger partial charge in [-0.2, -0.15) is 5.26 Å². The van der Waals surface area contributed by atoms with Gasteiger partial charge in [0.25, 0.3) is 0 Å². The molecule has 1 atom stereocenters. The van der Waals surface area contributed by atoms with E-state index in [1.54, 1.807) is 6.92 Å². The SMILES string of the molecule is CC(C)C[C@](C)(C#N)CC(=O)O. The molecule has 0 rings (SSSR count). The summed E-state index contributed by atoms with van der Waals surface area (Å²) >= 11 is 0. The van der Waals surface area contributed by atoms with E-state index in [0.29, 0.717) is 12.3 Å². The van der Waals surface area contributed by atoms with E-state index < -0.39 is 11.4 Å². The zero-order chi connectivity index (χ0) is 9.78. The van der Waals surface area contributed by atoms with Crippen molar-refractivity contribution in [3.8, 4) is 6.07 Å². The molecule has 0 aromatic carbocycles. The lowest BCUT2D eigenvalue weighted by molar-refractivity contribution is -0.138. The van der Waals surface area contributed by atoms with Crippen molar-refractivity contribution in [3.05, 3.63) is 0 Å². The number of carboxylic acid groups (broad SMARTS) is 1. The molecule has 0 fully saturated rings. The summed E-state index contributed by atoms with van der Waals surface area (Å²) in [5.41, 5.74) is -0.708. The summed E-state index contributed by atoms with van der Waals surface area (Å²) in [7, 11) is 0. The summed E-state index contributed by atoms with van der Waals surface area (Å²) in [5.74, 6) is -0.547. The normalized spacial score (nSPS) is 15.2. The quantitative estimate of drug-likeness (QED) is 0.700. The van der Waals surface area contributed by atoms with Crippen LogP contribution in [0.4, 0.5) is 0 Å². The summed E-state index contributed by atoms with van der Waals surface area (Å²) in [5, 5.41) is 17.3. The molecule has 0 aromatic rings. The Morgan fingerprint density at radius 2 is 2.17 bits per heavy atom. The van der Waals surface area contributed by atoms with E-state index in [4.69, 9.17) is 10.4 Å². The Hall–Kier alpha value is -1.04. The molecule has 0 aliphatic heterocycles. The Balaban J connectivity index is 4.27. The molecule has 0 radical (unpaired) electrons. The molecule has 0 saturated carbocycles. The third-order valence-corrected chi connectivity index (χ3v) is 1.67. The van der Waals surface area contributed by atoms with E-state index in [-0.39, 0.29) is 6.42 Å². The van der Waals surface area contributed by atoms with Gasteiger partial charge in [-0.1, -0.05) is 13.8 Å². The number of aliphatic carboxylic acids is 1. The first-order valence-electron chi connectivity index (χ1n) is 4.02. The molecule has 68 valence electrons. The second-order valence-electron chi connectivity index (χ2n) is 3.84. The highest BCUT2D eigenvalue weighted by Gasteiger charge is 2.28. The van der Waals surface area contributed by atoms with E-state index in [1.165, 1.54) is 0 Å². The third-order valence-electron chi connectivity index (χ3n) is 1.67. The summed E-state index contributed by atoms with van der Waals surface area (Å²) in [4.78, 5) is 10.4. The maximum absolute atomic E-state index is 10.4. The fourth-order valence-electron chi connectivity index (χ4n) is 1.39. The number of nitriles is 1. The first kappa shape index (κ1) is 11.0. The molecule has 1 N–H and O–H groups in total. The molecule has 0 aliphatic carbocycles. The van der Waals surface area contributed by atoms with Crippen molar-refractivity contribution in [2.45, 2.75) is 33.6 Å². The topological polar surface area (TPSA) is 61.1 Å². The van der Waals surface area contributed by atoms with Crippen molar-refractivity contribution < 1.29 is 9.90 Å². The minimum Gasteiger partial charge on any atom is -0.481 e. The number of hydrogen-bond donors (Lipinski definition) is 1. The first-order chi connectivity index (χ1) is 5.39. The third kappa shape index (κ3) is 3.97. The second-order valence-corrected chi connectivity index (χ2v) is 3.84. The van der Waals surface area contributed by atoms with Crippen molar-refractivity contribution in [2.75, 3.05) is 0 Å². The lowest BCUT2D eigenvalue weighted by Crippen LogP contribution is -2.20. The van der Waals surface area contributed by atoms with Crippen LogP contribution in [0.5, 0.6) is 0 Å². The zero-order valence-electron chi connectivity index (χ0n) is 7.79. The van der Waals surface area contributed by atoms with Crippen LogP contribution in [0.15, 0.2) is 0 Å². The van der Waals surface area contributed by atoms with Crippen LogP contribution >= 0.6 is 0 Å². The van der Waals surface area contributed by atoms with Gasteiger partial charge in [0.15, 0.2) is 0 Å². The minimum absolute atomic E-state index is 0.0678. The van der Waals surface area contributed by atoms with E-state index >= 15 is 0 Å². The molecule has 0 amide bonds. The van der Waals surface area contributed by atoms with E-state index in [0.717, 1.165) is 0 Å². The highest BCUT2D eigenvalue weighted by Crippen LogP contribution is 2.28. The molecule has 0 bridgehead atoms. The average Bonchev–Trinajstić information content (AvgIpc) is 1.83. The zero-order valence-corrected chi connectivity index (χ0v) is 7.79. The highest BCUT2D eigenvalue weighted by molar-refractivity contribution is 5.68. The summed E-state index contributed by atoms with van der Waals surface area (Å²) in [6.07, 6.45) is 0.567. The summed E-state index contributed by atoms with van der Waals surface area (Å²) in [6, 6.07) is 2.06. The Labute approximate surface area is 73.0 Å². The van der Waals surface area contributed by atoms with E-state index in [2.05, 4.69) is 6.07 Å². The van der Waals surface area contributed by atoms with Crippen molar-refractivity contribution >= 4 is 5.97 Å². The van der Waals surface area contributed by atoms with Crippen LogP contribution in [0.2, 0.25) is 0 Å². The number of carbonyl (C=O) groups is 1. The van der Waals surface area contributed by atoms with Crippen LogP contribution in [0.25, 0.3) is 0 Å². The molecule has 0 saturated heterocycles. The predicted molar refractivity (Wildman–Crippen MR) is 45.4 cm³/mol. The van der Waals surface area contributed by atoms with Crippen molar-refractivity contribution in [1.29, 1.82) is 5.26 Å². The maximum Gasteiger partial charge on any atom is 0.304 e. The number of nitrogens with zero attached hydrogens (tertiary/aromatic N) is 1. The molecular formula is C9H15NO2. The van der Waals surface area contributed by atoms with Gasteiger partial charge in [-0.25, -0.2) is 0 Å². The molecule has 0 spiro atoms. The first-order valence-corrected chi connectivity index (χ1v) is 4.02. The summed E-state index contributed by atoms with van der Waals surface area (Å²) in [6.45, 7) is 5.66. The van der Waals surface area contributed by atoms with Crippen LogP contribution in [0.1, 0.15) is 33.6 Å². The maximum atomic E-state index is 10.4. The van der Waals surface area contributed by atoms with Crippen LogP contribution in [-0.4, -0.2) is 11.1 Å². The smallest absolute Gasteiger partial charge is 0.304 e. The van der Waals surface area contributed by atoms with Crippen molar-refractivity contribution in [2.24, 2.45) is 11.3 Å². The van der Waals surface area contributed by atoms with Gasteiger partial charge in [-0.3, -0.25) is 4.79 Å². The van der Waals surface area contributed by atoms with Gasteiger partial charge < -0.3 is 5.11 Å². The average molecular weight is 169 g/mol. The number of rotatable bonds is 4. The fourth-order valence-corrected chi connectivity index (χ4v) is 1.39. The monoisotopic (exact) mass is 169 g/mol. The Kier molecular flexibility index (Phi) is 3.75. The Bertz CT molecular complexity index is 205. The lowest BCUT2D eigenvalue weighted by Gasteiger charge is -2.20. The lowest BCUT2D eigenvalue weighted by atomic mass is 9.81. The molecule has 3 nitrogen and oxygen atoms in total. The van der Waals surface area contributed by atoms with Gasteiger partial charge in [-0.05, 0) is 19.3 Å². The van der Waals surface area contributed by atoms with Gasteiger partial charge in [0.05, 0.1) is 17.9 Å². The predicted octanol–water partition coefficient (Wildman–Crippen LogP) is 2.04. The van der Waals surface area contributed by atoms with Crippen LogP contribution in [0, 0.1) is 22.7 Å². The van der Waals surface area contributed by atoms with Gasteiger partial charge in [0.2, 0.25) is 0 Å². The van der Waals surface area contributed by atoms with Crippen molar-refractivity contribution in [3.63, 3.8) is 0 Å². The molecule has 0 unspecified atom stereocenters. The minimum atomic E-state index is -0.903. The molecule has 3 heteroatoms. The van der Waals surface area contributed by atoms with Crippen LogP contribution < -0.4 is 0 Å². The molecule has 0 heterocycles. The van der Waals surface area contributed by atoms with Crippen molar-refractivity contribution in [1.82, 2.24) is 0 Å². The highest BCUT2D eigenvalue weighted by atomic mass is 16.4. The van der Waals surface area contributed by atoms with Gasteiger partial charge >= 0.3 is 5.97 Å². The second kappa shape index (κ2) is 4.10. The van der Waals surface area contributed by atoms with E-state index in [1.807, 2.05) is 13.8 Å². The van der Waals surface area contributed by atoms with Gasteiger partial charge in [0, 0.05) is 0 Å². The standard InChI is InChI=1S/C9H15NO2/c1-7(2)4-9(3,6-10)5-8(11)12/h7H,4-5H2,1-3H3,(H,11,12)/t9-/m0/s1. The molecule has 0 aromatic heterocycles. The molecular weight excluding hydrogens is 154 g/mol. The Morgan fingerprint density at radius 3 is 2.42 bits per heavy atom. The summed E-state index contributed by atoms with van der Waals surface area (Å²) < 4.78 is 0. The number of hydrogen-bond acceptors (Lipinski definition) is 2. The Morgan fingerprint density at radius 1 is 1.67 bits per heavy atom. The van der Waals surface area contributed by atoms with Gasteiger partial charge in [-0.15, -0.1) is 0 Å². The number of carboxylic acids is 1. The molecule has 0 aliphatic rings. The van der Waals surface area contributed by atoms with E-state index in [9.17, 15) is 4.79 Å². The van der Waals surface area contributed by atoms with Crippen LogP contribution in [0.3, 0.4) is 0 Å². The van der Waals surface area contributed by atoms with Crippen LogP contribution in [-0.2, 0) is 4.79 Å². The fraction of sp³-hybridized carbons (Fsp3) is 0.778. The van der Waals surface area contributed by atoms with Gasteiger partial charge in [0.1, 0.15) is 0 Å². The largest absolute Gasteiger partial charge is 0.481 e. The molecule has 12 heavy (non-hydrogen) atoms.